The molecule has 3 aromatic rings. The molecule has 1 aliphatic rings. The van der Waals surface area contributed by atoms with E-state index in [4.69, 9.17) is 5.73 Å². The van der Waals surface area contributed by atoms with Crippen LogP contribution in [0.3, 0.4) is 0 Å². The fourth-order valence-corrected chi connectivity index (χ4v) is 4.48. The zero-order chi connectivity index (χ0) is 19.5. The summed E-state index contributed by atoms with van der Waals surface area (Å²) in [4.78, 5) is 26.7. The number of anilines is 1. The van der Waals surface area contributed by atoms with E-state index in [1.54, 1.807) is 12.3 Å². The van der Waals surface area contributed by atoms with Crippen molar-refractivity contribution in [2.45, 2.75) is 19.0 Å². The summed E-state index contributed by atoms with van der Waals surface area (Å²) < 4.78 is 0. The largest absolute Gasteiger partial charge is 0.384 e. The van der Waals surface area contributed by atoms with Crippen LogP contribution in [0.2, 0.25) is 0 Å². The van der Waals surface area contributed by atoms with Crippen LogP contribution < -0.4 is 5.73 Å². The average Bonchev–Trinajstić information content (AvgIpc) is 3.38. The van der Waals surface area contributed by atoms with Crippen LogP contribution in [-0.4, -0.2) is 51.9 Å². The van der Waals surface area contributed by atoms with E-state index >= 15 is 0 Å². The Balaban J connectivity index is 1.43. The maximum atomic E-state index is 13.1. The summed E-state index contributed by atoms with van der Waals surface area (Å²) in [6.07, 6.45) is 2.62. The quantitative estimate of drug-likeness (QED) is 0.721. The number of carbonyl (C=O) groups excluding carboxylic acids is 1. The molecule has 1 fully saturated rings. The van der Waals surface area contributed by atoms with Crippen LogP contribution in [0.5, 0.6) is 0 Å². The maximum Gasteiger partial charge on any atom is 0.264 e. The van der Waals surface area contributed by atoms with E-state index in [9.17, 15) is 4.79 Å². The Morgan fingerprint density at radius 3 is 2.89 bits per heavy atom. The van der Waals surface area contributed by atoms with E-state index in [-0.39, 0.29) is 11.9 Å². The maximum absolute atomic E-state index is 13.1. The third-order valence-electron chi connectivity index (χ3n) is 5.14. The van der Waals surface area contributed by atoms with Crippen LogP contribution in [0.1, 0.15) is 21.9 Å². The lowest BCUT2D eigenvalue weighted by Gasteiger charge is -2.24. The highest BCUT2D eigenvalue weighted by Gasteiger charge is 2.31. The van der Waals surface area contributed by atoms with Gasteiger partial charge in [0.15, 0.2) is 0 Å². The van der Waals surface area contributed by atoms with Gasteiger partial charge in [-0.15, -0.1) is 11.3 Å². The van der Waals surface area contributed by atoms with Crippen molar-refractivity contribution in [1.82, 2.24) is 19.8 Å². The zero-order valence-electron chi connectivity index (χ0n) is 15.8. The van der Waals surface area contributed by atoms with Crippen LogP contribution in [0, 0.1) is 0 Å². The number of hydrogen-bond donors (Lipinski definition) is 1. The molecule has 2 aromatic heterocycles. The molecule has 6 nitrogen and oxygen atoms in total. The molecule has 0 bridgehead atoms. The average molecular weight is 394 g/mol. The van der Waals surface area contributed by atoms with E-state index < -0.39 is 0 Å². The van der Waals surface area contributed by atoms with Crippen molar-refractivity contribution in [3.05, 3.63) is 64.7 Å². The van der Waals surface area contributed by atoms with E-state index in [1.807, 2.05) is 53.7 Å². The molecule has 2 N–H and O–H groups in total. The van der Waals surface area contributed by atoms with Crippen molar-refractivity contribution in [3.63, 3.8) is 0 Å². The predicted molar refractivity (Wildman–Crippen MR) is 112 cm³/mol. The lowest BCUT2D eigenvalue weighted by Crippen LogP contribution is -2.36. The fourth-order valence-electron chi connectivity index (χ4n) is 3.59. The second-order valence-electron chi connectivity index (χ2n) is 7.04. The van der Waals surface area contributed by atoms with Gasteiger partial charge in [-0.25, -0.2) is 9.97 Å². The number of likely N-dealkylation sites (N-methyl/N-ethyl adjacent to an activating group) is 1. The third-order valence-corrected chi connectivity index (χ3v) is 6.04. The summed E-state index contributed by atoms with van der Waals surface area (Å²) in [5.41, 5.74) is 7.84. The molecule has 0 saturated carbocycles. The number of amides is 1. The molecule has 4 rings (SSSR count). The summed E-state index contributed by atoms with van der Waals surface area (Å²) in [7, 11) is 2.05. The second-order valence-corrected chi connectivity index (χ2v) is 7.95. The van der Waals surface area contributed by atoms with E-state index in [2.05, 4.69) is 14.9 Å². The van der Waals surface area contributed by atoms with Gasteiger partial charge in [0.05, 0.1) is 11.4 Å². The summed E-state index contributed by atoms with van der Waals surface area (Å²) in [5.74, 6) is 1.30. The minimum absolute atomic E-state index is 0.116. The van der Waals surface area contributed by atoms with Crippen molar-refractivity contribution in [3.8, 4) is 11.1 Å². The molecule has 1 saturated heterocycles. The van der Waals surface area contributed by atoms with Gasteiger partial charge >= 0.3 is 0 Å². The number of nitrogens with two attached hydrogens (primary N) is 1. The molecule has 0 unspecified atom stereocenters. The molecule has 1 atom stereocenters. The molecule has 7 heteroatoms. The van der Waals surface area contributed by atoms with Crippen LogP contribution in [-0.2, 0) is 6.54 Å². The Morgan fingerprint density at radius 1 is 1.29 bits per heavy atom. The molecule has 0 radical (unpaired) electrons. The molecular weight excluding hydrogens is 370 g/mol. The van der Waals surface area contributed by atoms with Gasteiger partial charge in [0, 0.05) is 30.9 Å². The molecule has 0 spiro atoms. The number of hydrogen-bond acceptors (Lipinski definition) is 6. The van der Waals surface area contributed by atoms with Gasteiger partial charge in [0.2, 0.25) is 0 Å². The number of nitrogens with zero attached hydrogens (tertiary/aromatic N) is 4. The monoisotopic (exact) mass is 393 g/mol. The van der Waals surface area contributed by atoms with Crippen molar-refractivity contribution < 1.29 is 4.79 Å². The van der Waals surface area contributed by atoms with Gasteiger partial charge in [-0.1, -0.05) is 30.3 Å². The summed E-state index contributed by atoms with van der Waals surface area (Å²) in [6, 6.07) is 14.1. The summed E-state index contributed by atoms with van der Waals surface area (Å²) >= 11 is 1.51. The standard InChI is InChI=1S/C21H23N5OS/c1-25(14-19-23-10-7-18(22)24-19)16-8-11-26(13-16)21(27)20-17(9-12-28-20)15-5-3-2-4-6-15/h2-7,9-10,12,16H,8,11,13-14H2,1H3,(H2,22,23,24)/t16-/m1/s1. The topological polar surface area (TPSA) is 75.4 Å². The Labute approximate surface area is 168 Å². The van der Waals surface area contributed by atoms with Crippen LogP contribution in [0.25, 0.3) is 11.1 Å². The number of aromatic nitrogens is 2. The lowest BCUT2D eigenvalue weighted by molar-refractivity contribution is 0.0785. The first kappa shape index (κ1) is 18.6. The van der Waals surface area contributed by atoms with E-state index in [1.165, 1.54) is 11.3 Å². The first-order valence-electron chi connectivity index (χ1n) is 9.31. The smallest absolute Gasteiger partial charge is 0.264 e. The van der Waals surface area contributed by atoms with Gasteiger partial charge in [-0.05, 0) is 36.5 Å². The van der Waals surface area contributed by atoms with Crippen LogP contribution in [0.15, 0.2) is 54.0 Å². The number of rotatable bonds is 5. The molecule has 1 aromatic carbocycles. The van der Waals surface area contributed by atoms with Gasteiger partial charge in [-0.3, -0.25) is 9.69 Å². The van der Waals surface area contributed by atoms with Crippen LogP contribution >= 0.6 is 11.3 Å². The summed E-state index contributed by atoms with van der Waals surface area (Å²) in [6.45, 7) is 2.09. The number of thiophene rings is 1. The Hall–Kier alpha value is -2.77. The first-order chi connectivity index (χ1) is 13.6. The van der Waals surface area contributed by atoms with E-state index in [0.29, 0.717) is 24.7 Å². The van der Waals surface area contributed by atoms with E-state index in [0.717, 1.165) is 29.0 Å². The zero-order valence-corrected chi connectivity index (χ0v) is 16.6. The Morgan fingerprint density at radius 2 is 2.11 bits per heavy atom. The predicted octanol–water partition coefficient (Wildman–Crippen LogP) is 3.13. The number of benzene rings is 1. The highest BCUT2D eigenvalue weighted by Crippen LogP contribution is 2.30. The lowest BCUT2D eigenvalue weighted by atomic mass is 10.1. The fraction of sp³-hybridized carbons (Fsp3) is 0.286. The highest BCUT2D eigenvalue weighted by atomic mass is 32.1. The van der Waals surface area contributed by atoms with Crippen molar-refractivity contribution in [2.24, 2.45) is 0 Å². The minimum atomic E-state index is 0.116. The minimum Gasteiger partial charge on any atom is -0.384 e. The van der Waals surface area contributed by atoms with Crippen molar-refractivity contribution in [1.29, 1.82) is 0 Å². The number of nitrogen functional groups attached to an aromatic ring is 1. The Kier molecular flexibility index (Phi) is 5.36. The molecule has 144 valence electrons. The molecule has 1 aliphatic heterocycles. The highest BCUT2D eigenvalue weighted by molar-refractivity contribution is 7.12. The third kappa shape index (κ3) is 3.90. The Bertz CT molecular complexity index is 958. The summed E-state index contributed by atoms with van der Waals surface area (Å²) in [5, 5.41) is 1.99. The van der Waals surface area contributed by atoms with Crippen molar-refractivity contribution >= 4 is 23.1 Å². The van der Waals surface area contributed by atoms with Gasteiger partial charge in [0.1, 0.15) is 11.6 Å². The van der Waals surface area contributed by atoms with Gasteiger partial charge in [0.25, 0.3) is 5.91 Å². The number of likely N-dealkylation sites (tertiary alicyclic amines) is 1. The normalized spacial score (nSPS) is 16.6. The molecule has 3 heterocycles. The number of carbonyl (C=O) groups is 1. The van der Waals surface area contributed by atoms with Gasteiger partial charge in [-0.2, -0.15) is 0 Å². The first-order valence-corrected chi connectivity index (χ1v) is 10.2. The molecular formula is C21H23N5OS. The molecule has 1 amide bonds. The SMILES string of the molecule is CN(Cc1nccc(N)n1)[C@@H]1CCN(C(=O)c2sccc2-c2ccccc2)C1. The van der Waals surface area contributed by atoms with Crippen molar-refractivity contribution in [2.75, 3.05) is 25.9 Å². The second kappa shape index (κ2) is 8.08. The molecule has 28 heavy (non-hydrogen) atoms. The van der Waals surface area contributed by atoms with Gasteiger partial charge < -0.3 is 10.6 Å². The molecule has 0 aliphatic carbocycles. The van der Waals surface area contributed by atoms with Crippen LogP contribution in [0.4, 0.5) is 5.82 Å².